The van der Waals surface area contributed by atoms with Crippen LogP contribution in [-0.2, 0) is 6.54 Å². The van der Waals surface area contributed by atoms with Gasteiger partial charge < -0.3 is 15.0 Å². The minimum Gasteiger partial charge on any atom is -0.497 e. The highest BCUT2D eigenvalue weighted by Gasteiger charge is 2.11. The molecule has 1 atom stereocenters. The normalized spacial score (nSPS) is 12.9. The number of aromatic nitrogens is 2. The Morgan fingerprint density at radius 1 is 1.24 bits per heavy atom. The van der Waals surface area contributed by atoms with Crippen LogP contribution in [0.4, 0.5) is 0 Å². The molecular formula is C17H21N3O. The second-order valence-electron chi connectivity index (χ2n) is 5.55. The minimum absolute atomic E-state index is 0.241. The maximum absolute atomic E-state index is 5.86. The Bertz CT molecular complexity index is 761. The van der Waals surface area contributed by atoms with E-state index >= 15 is 0 Å². The second kappa shape index (κ2) is 5.74. The molecule has 2 aromatic heterocycles. The molecule has 0 amide bonds. The number of hydrogen-bond acceptors (Lipinski definition) is 3. The number of aryl methyl sites for hydroxylation is 1. The van der Waals surface area contributed by atoms with Gasteiger partial charge in [0.25, 0.3) is 0 Å². The predicted octanol–water partition coefficient (Wildman–Crippen LogP) is 3.33. The zero-order valence-corrected chi connectivity index (χ0v) is 12.5. The molecule has 0 aliphatic carbocycles. The van der Waals surface area contributed by atoms with Crippen molar-refractivity contribution in [1.29, 1.82) is 0 Å². The molecule has 0 bridgehead atoms. The highest BCUT2D eigenvalue weighted by atomic mass is 16.5. The lowest BCUT2D eigenvalue weighted by molar-refractivity contribution is 0.415. The van der Waals surface area contributed by atoms with E-state index in [1.54, 1.807) is 7.11 Å². The van der Waals surface area contributed by atoms with E-state index in [2.05, 4.69) is 34.7 Å². The molecule has 0 aliphatic heterocycles. The molecular weight excluding hydrogens is 262 g/mol. The molecule has 4 nitrogen and oxygen atoms in total. The van der Waals surface area contributed by atoms with Crippen LogP contribution < -0.4 is 10.5 Å². The van der Waals surface area contributed by atoms with Crippen molar-refractivity contribution in [2.75, 3.05) is 7.11 Å². The molecule has 1 aromatic carbocycles. The number of benzene rings is 1. The Morgan fingerprint density at radius 3 is 2.81 bits per heavy atom. The molecule has 0 radical (unpaired) electrons. The predicted molar refractivity (Wildman–Crippen MR) is 86.7 cm³/mol. The van der Waals surface area contributed by atoms with Gasteiger partial charge in [-0.2, -0.15) is 0 Å². The first kappa shape index (κ1) is 13.9. The summed E-state index contributed by atoms with van der Waals surface area (Å²) < 4.78 is 7.69. The van der Waals surface area contributed by atoms with Gasteiger partial charge in [-0.25, -0.2) is 0 Å². The van der Waals surface area contributed by atoms with E-state index in [9.17, 15) is 0 Å². The summed E-state index contributed by atoms with van der Waals surface area (Å²) in [4.78, 5) is 4.28. The summed E-state index contributed by atoms with van der Waals surface area (Å²) in [6.45, 7) is 3.00. The highest BCUT2D eigenvalue weighted by molar-refractivity contribution is 6.08. The van der Waals surface area contributed by atoms with Gasteiger partial charge in [0.1, 0.15) is 5.75 Å². The monoisotopic (exact) mass is 283 g/mol. The van der Waals surface area contributed by atoms with Gasteiger partial charge in [0, 0.05) is 35.6 Å². The molecule has 3 rings (SSSR count). The summed E-state index contributed by atoms with van der Waals surface area (Å²) in [5.74, 6) is 0.881. The fraction of sp³-hybridized carbons (Fsp3) is 0.353. The maximum atomic E-state index is 5.86. The van der Waals surface area contributed by atoms with Crippen molar-refractivity contribution < 1.29 is 4.74 Å². The summed E-state index contributed by atoms with van der Waals surface area (Å²) in [6.07, 6.45) is 5.86. The number of pyridine rings is 1. The van der Waals surface area contributed by atoms with Crippen molar-refractivity contribution >= 4 is 21.8 Å². The molecule has 4 heteroatoms. The van der Waals surface area contributed by atoms with Gasteiger partial charge in [0.05, 0.1) is 24.3 Å². The van der Waals surface area contributed by atoms with Crippen LogP contribution in [0, 0.1) is 0 Å². The number of nitrogens with zero attached hydrogens (tertiary/aromatic N) is 2. The van der Waals surface area contributed by atoms with Gasteiger partial charge in [0.2, 0.25) is 0 Å². The van der Waals surface area contributed by atoms with Crippen molar-refractivity contribution in [1.82, 2.24) is 9.55 Å². The van der Waals surface area contributed by atoms with Gasteiger partial charge >= 0.3 is 0 Å². The van der Waals surface area contributed by atoms with E-state index in [0.29, 0.717) is 0 Å². The van der Waals surface area contributed by atoms with E-state index in [1.807, 2.05) is 18.5 Å². The summed E-state index contributed by atoms with van der Waals surface area (Å²) in [6, 6.07) is 8.55. The minimum atomic E-state index is 0.241. The molecule has 0 fully saturated rings. The van der Waals surface area contributed by atoms with Gasteiger partial charge in [0.15, 0.2) is 0 Å². The van der Waals surface area contributed by atoms with Crippen LogP contribution in [-0.4, -0.2) is 22.7 Å². The summed E-state index contributed by atoms with van der Waals surface area (Å²) in [5.41, 5.74) is 8.23. The first-order chi connectivity index (χ1) is 10.2. The van der Waals surface area contributed by atoms with Gasteiger partial charge in [-0.1, -0.05) is 0 Å². The first-order valence-corrected chi connectivity index (χ1v) is 7.36. The van der Waals surface area contributed by atoms with E-state index < -0.39 is 0 Å². The number of nitrogens with two attached hydrogens (primary N) is 1. The third-order valence-electron chi connectivity index (χ3n) is 3.92. The average molecular weight is 283 g/mol. The molecule has 0 saturated heterocycles. The highest BCUT2D eigenvalue weighted by Crippen LogP contribution is 2.31. The number of rotatable bonds is 5. The van der Waals surface area contributed by atoms with Crippen LogP contribution in [0.1, 0.15) is 19.8 Å². The quantitative estimate of drug-likeness (QED) is 0.781. The molecule has 0 saturated carbocycles. The van der Waals surface area contributed by atoms with E-state index in [0.717, 1.165) is 25.1 Å². The molecule has 2 heterocycles. The number of hydrogen-bond donors (Lipinski definition) is 1. The molecule has 0 aliphatic rings. The average Bonchev–Trinajstić information content (AvgIpc) is 2.81. The van der Waals surface area contributed by atoms with Crippen molar-refractivity contribution in [3.8, 4) is 5.75 Å². The van der Waals surface area contributed by atoms with Crippen LogP contribution in [0.3, 0.4) is 0 Å². The first-order valence-electron chi connectivity index (χ1n) is 7.36. The zero-order valence-electron chi connectivity index (χ0n) is 12.5. The SMILES string of the molecule is COc1ccc2c3ccncc3n(CCCC(C)N)c2c1. The lowest BCUT2D eigenvalue weighted by Crippen LogP contribution is -2.15. The smallest absolute Gasteiger partial charge is 0.120 e. The van der Waals surface area contributed by atoms with Crippen LogP contribution in [0.25, 0.3) is 21.8 Å². The lowest BCUT2D eigenvalue weighted by atomic mass is 10.2. The Hall–Kier alpha value is -2.07. The molecule has 110 valence electrons. The summed E-state index contributed by atoms with van der Waals surface area (Å²) in [5, 5.41) is 2.48. The summed E-state index contributed by atoms with van der Waals surface area (Å²) >= 11 is 0. The third kappa shape index (κ3) is 2.59. The topological polar surface area (TPSA) is 53.1 Å². The Labute approximate surface area is 124 Å². The standard InChI is InChI=1S/C17H21N3O/c1-12(18)4-3-9-20-16-10-13(21-2)5-6-14(16)15-7-8-19-11-17(15)20/h5-8,10-12H,3-4,9,18H2,1-2H3. The number of ether oxygens (including phenoxy) is 1. The van der Waals surface area contributed by atoms with E-state index in [-0.39, 0.29) is 6.04 Å². The Kier molecular flexibility index (Phi) is 3.80. The van der Waals surface area contributed by atoms with Crippen molar-refractivity contribution in [2.24, 2.45) is 5.73 Å². The van der Waals surface area contributed by atoms with Gasteiger partial charge in [-0.05, 0) is 38.0 Å². The molecule has 21 heavy (non-hydrogen) atoms. The molecule has 1 unspecified atom stereocenters. The van der Waals surface area contributed by atoms with Crippen LogP contribution in [0.2, 0.25) is 0 Å². The molecule has 2 N–H and O–H groups in total. The zero-order chi connectivity index (χ0) is 14.8. The second-order valence-corrected chi connectivity index (χ2v) is 5.55. The van der Waals surface area contributed by atoms with Gasteiger partial charge in [-0.3, -0.25) is 4.98 Å². The number of methoxy groups -OCH3 is 1. The van der Waals surface area contributed by atoms with Crippen molar-refractivity contribution in [2.45, 2.75) is 32.4 Å². The number of fused-ring (bicyclic) bond motifs is 3. The fourth-order valence-corrected chi connectivity index (χ4v) is 2.86. The molecule has 0 spiro atoms. The van der Waals surface area contributed by atoms with E-state index in [4.69, 9.17) is 10.5 Å². The van der Waals surface area contributed by atoms with E-state index in [1.165, 1.54) is 21.8 Å². The van der Waals surface area contributed by atoms with Gasteiger partial charge in [-0.15, -0.1) is 0 Å². The Morgan fingerprint density at radius 2 is 2.05 bits per heavy atom. The maximum Gasteiger partial charge on any atom is 0.120 e. The largest absolute Gasteiger partial charge is 0.497 e. The lowest BCUT2D eigenvalue weighted by Gasteiger charge is -2.09. The van der Waals surface area contributed by atoms with Crippen molar-refractivity contribution in [3.63, 3.8) is 0 Å². The Balaban J connectivity index is 2.12. The molecule has 3 aromatic rings. The summed E-state index contributed by atoms with van der Waals surface area (Å²) in [7, 11) is 1.70. The third-order valence-corrected chi connectivity index (χ3v) is 3.92. The van der Waals surface area contributed by atoms with Crippen LogP contribution in [0.15, 0.2) is 36.7 Å². The van der Waals surface area contributed by atoms with Crippen LogP contribution in [0.5, 0.6) is 5.75 Å². The van der Waals surface area contributed by atoms with Crippen molar-refractivity contribution in [3.05, 3.63) is 36.7 Å². The fourth-order valence-electron chi connectivity index (χ4n) is 2.86. The van der Waals surface area contributed by atoms with Crippen LogP contribution >= 0.6 is 0 Å².